The summed E-state index contributed by atoms with van der Waals surface area (Å²) in [5.74, 6) is 0.268. The van der Waals surface area contributed by atoms with Crippen LogP contribution in [0.5, 0.6) is 0 Å². The van der Waals surface area contributed by atoms with Crippen LogP contribution in [0.15, 0.2) is 12.3 Å². The van der Waals surface area contributed by atoms with E-state index >= 15 is 0 Å². The summed E-state index contributed by atoms with van der Waals surface area (Å²) in [5.41, 5.74) is -0.648. The molecule has 5 heterocycles. The number of amides is 2. The minimum Gasteiger partial charge on any atom is -0.449 e. The number of hydrogen-bond donors (Lipinski definition) is 1. The van der Waals surface area contributed by atoms with E-state index in [9.17, 15) is 22.8 Å². The minimum absolute atomic E-state index is 0.0342. The van der Waals surface area contributed by atoms with Gasteiger partial charge in [0.15, 0.2) is 0 Å². The van der Waals surface area contributed by atoms with Crippen molar-refractivity contribution in [2.24, 2.45) is 17.3 Å². The van der Waals surface area contributed by atoms with Crippen molar-refractivity contribution in [3.63, 3.8) is 0 Å². The molecule has 1 N–H and O–H groups in total. The molecule has 13 heteroatoms. The van der Waals surface area contributed by atoms with Crippen molar-refractivity contribution in [2.75, 3.05) is 59.8 Å². The maximum atomic E-state index is 14.5. The smallest absolute Gasteiger partial charge is 0.417 e. The molecule has 3 saturated heterocycles. The summed E-state index contributed by atoms with van der Waals surface area (Å²) in [4.78, 5) is 35.1. The Kier molecular flexibility index (Phi) is 9.37. The molecular formula is C31H43F3N4O6. The number of hydrogen-bond acceptors (Lipinski definition) is 8. The van der Waals surface area contributed by atoms with Crippen LogP contribution in [-0.2, 0) is 42.9 Å². The highest BCUT2D eigenvalue weighted by molar-refractivity contribution is 5.86. The van der Waals surface area contributed by atoms with Crippen LogP contribution < -0.4 is 5.32 Å². The van der Waals surface area contributed by atoms with Gasteiger partial charge in [-0.15, -0.1) is 0 Å². The Bertz CT molecular complexity index is 1200. The van der Waals surface area contributed by atoms with E-state index in [0.29, 0.717) is 69.3 Å². The normalized spacial score (nSPS) is 31.1. The second-order valence-electron chi connectivity index (χ2n) is 13.0. The second kappa shape index (κ2) is 13.1. The summed E-state index contributed by atoms with van der Waals surface area (Å²) < 4.78 is 62.7. The van der Waals surface area contributed by atoms with E-state index < -0.39 is 23.2 Å². The Hall–Kier alpha value is -2.48. The molecule has 1 aromatic heterocycles. The van der Waals surface area contributed by atoms with Gasteiger partial charge in [-0.25, -0.2) is 4.79 Å². The summed E-state index contributed by atoms with van der Waals surface area (Å²) in [6, 6.07) is 1.24. The average molecular weight is 625 g/mol. The number of aromatic nitrogens is 1. The van der Waals surface area contributed by atoms with Crippen LogP contribution in [0.2, 0.25) is 0 Å². The molecule has 2 amide bonds. The van der Waals surface area contributed by atoms with Gasteiger partial charge in [-0.05, 0) is 62.0 Å². The summed E-state index contributed by atoms with van der Waals surface area (Å²) in [6.45, 7) is 4.02. The van der Waals surface area contributed by atoms with Crippen molar-refractivity contribution >= 4 is 12.0 Å². The molecule has 10 nitrogen and oxygen atoms in total. The first kappa shape index (κ1) is 31.5. The third-order valence-corrected chi connectivity index (χ3v) is 10.4. The Morgan fingerprint density at radius 1 is 1.16 bits per heavy atom. The molecule has 5 aliphatic rings. The summed E-state index contributed by atoms with van der Waals surface area (Å²) in [6.07, 6.45) is 0.985. The molecule has 1 saturated carbocycles. The number of methoxy groups -OCH3 is 1. The lowest BCUT2D eigenvalue weighted by atomic mass is 9.78. The molecule has 244 valence electrons. The van der Waals surface area contributed by atoms with Crippen LogP contribution in [0.25, 0.3) is 0 Å². The number of nitrogens with zero attached hydrogens (tertiary/aromatic N) is 3. The van der Waals surface area contributed by atoms with Crippen LogP contribution in [0, 0.1) is 17.3 Å². The quantitative estimate of drug-likeness (QED) is 0.493. The Labute approximate surface area is 255 Å². The zero-order chi connectivity index (χ0) is 30.9. The fourth-order valence-corrected chi connectivity index (χ4v) is 7.91. The van der Waals surface area contributed by atoms with E-state index in [1.54, 1.807) is 16.9 Å². The lowest BCUT2D eigenvalue weighted by Crippen LogP contribution is -2.52. The van der Waals surface area contributed by atoms with Gasteiger partial charge in [0.05, 0.1) is 30.3 Å². The molecule has 1 aliphatic carbocycles. The lowest BCUT2D eigenvalue weighted by Gasteiger charge is -2.37. The van der Waals surface area contributed by atoms with Crippen molar-refractivity contribution in [3.8, 4) is 0 Å². The predicted molar refractivity (Wildman–Crippen MR) is 152 cm³/mol. The van der Waals surface area contributed by atoms with Gasteiger partial charge in [0.25, 0.3) is 0 Å². The molecular weight excluding hydrogens is 581 g/mol. The number of carbonyl (C=O) groups excluding carboxylic acids is 2. The molecule has 1 aromatic rings. The topological polar surface area (TPSA) is 102 Å². The first-order valence-electron chi connectivity index (χ1n) is 15.9. The van der Waals surface area contributed by atoms with Crippen molar-refractivity contribution in [1.29, 1.82) is 0 Å². The Balaban J connectivity index is 1.17. The van der Waals surface area contributed by atoms with E-state index in [-0.39, 0.29) is 43.1 Å². The number of ether oxygens (including phenoxy) is 4. The SMILES string of the molecule is CO[C@@H]1COCC[C@@H]1NC1CC2CN(C(=O)OCCC3CCOCC3)CC2(C(=O)N2CCc3ncc(C(F)(F)F)cc3C2)C1. The van der Waals surface area contributed by atoms with E-state index in [1.807, 2.05) is 0 Å². The number of pyridine rings is 1. The standard InChI is InChI=1S/C31H43F3N4O6/c1-41-27-18-43-10-6-26(27)36-24-13-23-17-38(29(40)44-11-5-20-3-8-42-9-4-20)19-30(23,14-24)28(39)37-7-2-25-21(16-37)12-22(15-35-25)31(32,33)34/h12,15,20,23-24,26-27,36H,2-11,13-14,16-19H2,1H3/t23?,24?,26-,27+,30?/m0/s1. The molecule has 0 bridgehead atoms. The van der Waals surface area contributed by atoms with E-state index in [2.05, 4.69) is 10.3 Å². The molecule has 0 aromatic carbocycles. The lowest BCUT2D eigenvalue weighted by molar-refractivity contribution is -0.143. The maximum Gasteiger partial charge on any atom is 0.417 e. The molecule has 4 fully saturated rings. The number of carbonyl (C=O) groups is 2. The third kappa shape index (κ3) is 6.56. The highest BCUT2D eigenvalue weighted by Gasteiger charge is 2.60. The van der Waals surface area contributed by atoms with Crippen molar-refractivity contribution < 1.29 is 41.7 Å². The number of halogens is 3. The minimum atomic E-state index is -4.51. The van der Waals surface area contributed by atoms with Crippen LogP contribution in [0.1, 0.15) is 55.3 Å². The van der Waals surface area contributed by atoms with Gasteiger partial charge in [-0.1, -0.05) is 0 Å². The zero-order valence-electron chi connectivity index (χ0n) is 25.3. The fraction of sp³-hybridized carbons (Fsp3) is 0.774. The molecule has 4 aliphatic heterocycles. The molecule has 0 radical (unpaired) electrons. The van der Waals surface area contributed by atoms with Gasteiger partial charge in [-0.2, -0.15) is 13.2 Å². The van der Waals surface area contributed by atoms with Gasteiger partial charge in [0, 0.05) is 83.5 Å². The largest absolute Gasteiger partial charge is 0.449 e. The van der Waals surface area contributed by atoms with E-state index in [0.717, 1.165) is 51.2 Å². The van der Waals surface area contributed by atoms with Gasteiger partial charge in [0.2, 0.25) is 5.91 Å². The number of fused-ring (bicyclic) bond motifs is 2. The molecule has 6 rings (SSSR count). The molecule has 44 heavy (non-hydrogen) atoms. The molecule has 0 spiro atoms. The van der Waals surface area contributed by atoms with Crippen molar-refractivity contribution in [2.45, 2.75) is 75.9 Å². The highest BCUT2D eigenvalue weighted by Crippen LogP contribution is 2.51. The molecule has 3 unspecified atom stereocenters. The van der Waals surface area contributed by atoms with Crippen LogP contribution in [0.3, 0.4) is 0 Å². The predicted octanol–water partition coefficient (Wildman–Crippen LogP) is 3.41. The number of rotatable bonds is 7. The summed E-state index contributed by atoms with van der Waals surface area (Å²) in [5, 5.41) is 3.73. The van der Waals surface area contributed by atoms with Crippen molar-refractivity contribution in [1.82, 2.24) is 20.1 Å². The highest BCUT2D eigenvalue weighted by atomic mass is 19.4. The monoisotopic (exact) mass is 624 g/mol. The first-order valence-corrected chi connectivity index (χ1v) is 15.9. The maximum absolute atomic E-state index is 14.5. The van der Waals surface area contributed by atoms with Gasteiger partial charge >= 0.3 is 12.3 Å². The van der Waals surface area contributed by atoms with Gasteiger partial charge in [0.1, 0.15) is 0 Å². The summed E-state index contributed by atoms with van der Waals surface area (Å²) >= 11 is 0. The average Bonchev–Trinajstić information content (AvgIpc) is 3.55. The van der Waals surface area contributed by atoms with Crippen LogP contribution >= 0.6 is 0 Å². The van der Waals surface area contributed by atoms with Crippen molar-refractivity contribution in [3.05, 3.63) is 29.1 Å². The number of nitrogens with one attached hydrogen (secondary N) is 1. The summed E-state index contributed by atoms with van der Waals surface area (Å²) in [7, 11) is 1.67. The van der Waals surface area contributed by atoms with Gasteiger partial charge < -0.3 is 34.1 Å². The second-order valence-corrected chi connectivity index (χ2v) is 13.0. The molecule has 5 atom stereocenters. The first-order chi connectivity index (χ1) is 21.2. The van der Waals surface area contributed by atoms with Crippen LogP contribution in [0.4, 0.5) is 18.0 Å². The third-order valence-electron chi connectivity index (χ3n) is 10.4. The Morgan fingerprint density at radius 2 is 1.95 bits per heavy atom. The Morgan fingerprint density at radius 3 is 2.73 bits per heavy atom. The van der Waals surface area contributed by atoms with E-state index in [4.69, 9.17) is 18.9 Å². The van der Waals surface area contributed by atoms with Gasteiger partial charge in [-0.3, -0.25) is 9.78 Å². The van der Waals surface area contributed by atoms with E-state index in [1.165, 1.54) is 0 Å². The number of alkyl halides is 3. The fourth-order valence-electron chi connectivity index (χ4n) is 7.91. The zero-order valence-corrected chi connectivity index (χ0v) is 25.3. The number of likely N-dealkylation sites (tertiary alicyclic amines) is 1. The van der Waals surface area contributed by atoms with Crippen LogP contribution in [-0.4, -0.2) is 105 Å².